The Kier molecular flexibility index (Phi) is 6.54. The zero-order valence-electron chi connectivity index (χ0n) is 14.8. The summed E-state index contributed by atoms with van der Waals surface area (Å²) in [6, 6.07) is 13.1. The molecule has 0 atom stereocenters. The van der Waals surface area contributed by atoms with E-state index in [1.54, 1.807) is 12.3 Å². The van der Waals surface area contributed by atoms with E-state index in [0.717, 1.165) is 24.7 Å². The van der Waals surface area contributed by atoms with Crippen LogP contribution in [0.15, 0.2) is 56.5 Å². The predicted molar refractivity (Wildman–Crippen MR) is 118 cm³/mol. The minimum absolute atomic E-state index is 0.218. The van der Waals surface area contributed by atoms with Gasteiger partial charge >= 0.3 is 5.91 Å². The van der Waals surface area contributed by atoms with Crippen molar-refractivity contribution < 1.29 is 13.9 Å². The number of rotatable bonds is 6. The van der Waals surface area contributed by atoms with Crippen LogP contribution >= 0.6 is 38.5 Å². The molecule has 0 unspecified atom stereocenters. The molecule has 1 amide bonds. The Morgan fingerprint density at radius 3 is 2.74 bits per heavy atom. The SMILES string of the molecule is CC(C)COc1ccc(/C=N\NC(=O)c2cc3cc(Br)cc(I)c3o2)cc1. The number of furan rings is 1. The Morgan fingerprint density at radius 2 is 2.04 bits per heavy atom. The van der Waals surface area contributed by atoms with Crippen LogP contribution in [0.4, 0.5) is 0 Å². The summed E-state index contributed by atoms with van der Waals surface area (Å²) < 4.78 is 13.2. The summed E-state index contributed by atoms with van der Waals surface area (Å²) in [5.74, 6) is 1.11. The lowest BCUT2D eigenvalue weighted by molar-refractivity contribution is 0.0929. The number of amides is 1. The van der Waals surface area contributed by atoms with Gasteiger partial charge in [-0.3, -0.25) is 4.79 Å². The summed E-state index contributed by atoms with van der Waals surface area (Å²) in [6.45, 7) is 4.88. The van der Waals surface area contributed by atoms with Crippen molar-refractivity contribution in [1.82, 2.24) is 5.43 Å². The second-order valence-corrected chi connectivity index (χ2v) is 8.47. The third-order valence-electron chi connectivity index (χ3n) is 3.60. The molecule has 3 aromatic rings. The van der Waals surface area contributed by atoms with Crippen LogP contribution in [0.25, 0.3) is 11.0 Å². The standard InChI is InChI=1S/C20H18BrIN2O3/c1-12(2)11-26-16-5-3-13(4-6-16)10-23-24-20(25)18-8-14-7-15(21)9-17(22)19(14)27-18/h3-10,12H,11H2,1-2H3,(H,24,25)/b23-10-. The van der Waals surface area contributed by atoms with Gasteiger partial charge in [-0.1, -0.05) is 29.8 Å². The van der Waals surface area contributed by atoms with Gasteiger partial charge < -0.3 is 9.15 Å². The average molecular weight is 541 g/mol. The van der Waals surface area contributed by atoms with Crippen LogP contribution in [0.1, 0.15) is 30.0 Å². The summed E-state index contributed by atoms with van der Waals surface area (Å²) >= 11 is 5.61. The van der Waals surface area contributed by atoms with Gasteiger partial charge in [0.1, 0.15) is 11.3 Å². The van der Waals surface area contributed by atoms with Crippen molar-refractivity contribution in [1.29, 1.82) is 0 Å². The normalized spacial score (nSPS) is 11.4. The highest BCUT2D eigenvalue weighted by Gasteiger charge is 2.14. The van der Waals surface area contributed by atoms with Crippen LogP contribution in [-0.4, -0.2) is 18.7 Å². The molecule has 140 valence electrons. The maximum Gasteiger partial charge on any atom is 0.307 e. The highest BCUT2D eigenvalue weighted by molar-refractivity contribution is 14.1. The number of carbonyl (C=O) groups is 1. The van der Waals surface area contributed by atoms with E-state index in [2.05, 4.69) is 62.9 Å². The number of hydrazone groups is 1. The topological polar surface area (TPSA) is 63.8 Å². The van der Waals surface area contributed by atoms with Crippen LogP contribution < -0.4 is 10.2 Å². The van der Waals surface area contributed by atoms with Gasteiger partial charge in [-0.2, -0.15) is 5.10 Å². The molecule has 0 aliphatic rings. The van der Waals surface area contributed by atoms with Crippen LogP contribution in [0.5, 0.6) is 5.75 Å². The first kappa shape index (κ1) is 19.9. The number of hydrogen-bond donors (Lipinski definition) is 1. The van der Waals surface area contributed by atoms with Crippen LogP contribution in [0.3, 0.4) is 0 Å². The monoisotopic (exact) mass is 540 g/mol. The average Bonchev–Trinajstić information content (AvgIpc) is 3.05. The van der Waals surface area contributed by atoms with E-state index < -0.39 is 5.91 Å². The lowest BCUT2D eigenvalue weighted by Gasteiger charge is -2.08. The van der Waals surface area contributed by atoms with Crippen LogP contribution in [0.2, 0.25) is 0 Å². The van der Waals surface area contributed by atoms with Gasteiger partial charge in [0.2, 0.25) is 0 Å². The van der Waals surface area contributed by atoms with Gasteiger partial charge in [-0.05, 0) is 76.5 Å². The Bertz CT molecular complexity index is 981. The smallest absolute Gasteiger partial charge is 0.307 e. The third kappa shape index (κ3) is 5.32. The predicted octanol–water partition coefficient (Wildman–Crippen LogP) is 5.60. The summed E-state index contributed by atoms with van der Waals surface area (Å²) in [7, 11) is 0. The number of halogens is 2. The molecular formula is C20H18BrIN2O3. The molecule has 0 saturated heterocycles. The number of hydrogen-bond acceptors (Lipinski definition) is 4. The van der Waals surface area contributed by atoms with Crippen LogP contribution in [0, 0.1) is 9.49 Å². The molecule has 3 rings (SSSR count). The molecule has 0 aliphatic heterocycles. The van der Waals surface area contributed by atoms with Crippen molar-refractivity contribution in [2.75, 3.05) is 6.61 Å². The second kappa shape index (κ2) is 8.88. The summed E-state index contributed by atoms with van der Waals surface area (Å²) in [6.07, 6.45) is 1.58. The Morgan fingerprint density at radius 1 is 1.30 bits per heavy atom. The number of benzene rings is 2. The molecule has 5 nitrogen and oxygen atoms in total. The van der Waals surface area contributed by atoms with Gasteiger partial charge in [0, 0.05) is 9.86 Å². The fraction of sp³-hybridized carbons (Fsp3) is 0.200. The van der Waals surface area contributed by atoms with Gasteiger partial charge in [-0.15, -0.1) is 0 Å². The van der Waals surface area contributed by atoms with E-state index in [9.17, 15) is 4.79 Å². The highest BCUT2D eigenvalue weighted by atomic mass is 127. The molecule has 0 aliphatic carbocycles. The molecule has 0 bridgehead atoms. The van der Waals surface area contributed by atoms with Gasteiger partial charge in [0.15, 0.2) is 5.76 Å². The molecule has 0 saturated carbocycles. The molecule has 1 heterocycles. The Balaban J connectivity index is 1.62. The maximum absolute atomic E-state index is 12.3. The quantitative estimate of drug-likeness (QED) is 0.251. The van der Waals surface area contributed by atoms with Gasteiger partial charge in [-0.25, -0.2) is 5.43 Å². The van der Waals surface area contributed by atoms with Crippen molar-refractivity contribution in [3.8, 4) is 5.75 Å². The maximum atomic E-state index is 12.3. The van der Waals surface area contributed by atoms with E-state index in [1.165, 1.54) is 0 Å². The minimum atomic E-state index is -0.397. The molecular weight excluding hydrogens is 523 g/mol. The number of carbonyl (C=O) groups excluding carboxylic acids is 1. The first-order valence-corrected chi connectivity index (χ1v) is 10.2. The molecule has 27 heavy (non-hydrogen) atoms. The van der Waals surface area contributed by atoms with E-state index in [0.29, 0.717) is 18.1 Å². The van der Waals surface area contributed by atoms with E-state index in [1.807, 2.05) is 36.4 Å². The van der Waals surface area contributed by atoms with E-state index in [-0.39, 0.29) is 5.76 Å². The largest absolute Gasteiger partial charge is 0.493 e. The van der Waals surface area contributed by atoms with Crippen molar-refractivity contribution in [3.63, 3.8) is 0 Å². The number of ether oxygens (including phenoxy) is 1. The number of nitrogens with one attached hydrogen (secondary N) is 1. The first-order valence-electron chi connectivity index (χ1n) is 8.37. The van der Waals surface area contributed by atoms with Crippen molar-refractivity contribution in [2.24, 2.45) is 11.0 Å². The van der Waals surface area contributed by atoms with E-state index >= 15 is 0 Å². The van der Waals surface area contributed by atoms with E-state index in [4.69, 9.17) is 9.15 Å². The van der Waals surface area contributed by atoms with Crippen LogP contribution in [-0.2, 0) is 0 Å². The summed E-state index contributed by atoms with van der Waals surface area (Å²) in [5.41, 5.74) is 4.03. The van der Waals surface area contributed by atoms with Crippen molar-refractivity contribution >= 4 is 61.6 Å². The fourth-order valence-corrected chi connectivity index (χ4v) is 3.98. The zero-order chi connectivity index (χ0) is 19.4. The fourth-order valence-electron chi connectivity index (χ4n) is 2.32. The van der Waals surface area contributed by atoms with Gasteiger partial charge in [0.25, 0.3) is 0 Å². The molecule has 1 N–H and O–H groups in total. The molecule has 2 aromatic carbocycles. The second-order valence-electron chi connectivity index (χ2n) is 6.39. The molecule has 0 fully saturated rings. The first-order chi connectivity index (χ1) is 12.9. The van der Waals surface area contributed by atoms with Crippen molar-refractivity contribution in [2.45, 2.75) is 13.8 Å². The molecule has 7 heteroatoms. The number of fused-ring (bicyclic) bond motifs is 1. The number of nitrogens with zero attached hydrogens (tertiary/aromatic N) is 1. The summed E-state index contributed by atoms with van der Waals surface area (Å²) in [4.78, 5) is 12.3. The van der Waals surface area contributed by atoms with Crippen molar-refractivity contribution in [3.05, 3.63) is 61.8 Å². The Labute approximate surface area is 179 Å². The zero-order valence-corrected chi connectivity index (χ0v) is 18.6. The molecule has 0 radical (unpaired) electrons. The lowest BCUT2D eigenvalue weighted by atomic mass is 10.2. The summed E-state index contributed by atoms with van der Waals surface area (Å²) in [5, 5.41) is 4.86. The Hall–Kier alpha value is -1.87. The lowest BCUT2D eigenvalue weighted by Crippen LogP contribution is -2.16. The minimum Gasteiger partial charge on any atom is -0.493 e. The third-order valence-corrected chi connectivity index (χ3v) is 4.86. The molecule has 0 spiro atoms. The molecule has 1 aromatic heterocycles. The highest BCUT2D eigenvalue weighted by Crippen LogP contribution is 2.28. The van der Waals surface area contributed by atoms with Gasteiger partial charge in [0.05, 0.1) is 16.4 Å².